The van der Waals surface area contributed by atoms with Gasteiger partial charge in [0.25, 0.3) is 0 Å². The summed E-state index contributed by atoms with van der Waals surface area (Å²) in [7, 11) is 1.55. The third-order valence-electron chi connectivity index (χ3n) is 4.47. The fraction of sp³-hybridized carbons (Fsp3) is 0.136. The van der Waals surface area contributed by atoms with Gasteiger partial charge in [-0.05, 0) is 54.6 Å². The second kappa shape index (κ2) is 8.46. The highest BCUT2D eigenvalue weighted by molar-refractivity contribution is 7.12. The summed E-state index contributed by atoms with van der Waals surface area (Å²) in [6.45, 7) is 1.26. The number of halogens is 3. The van der Waals surface area contributed by atoms with Crippen LogP contribution in [0.1, 0.15) is 12.6 Å². The maximum Gasteiger partial charge on any atom is 0.433 e. The number of rotatable bonds is 5. The van der Waals surface area contributed by atoms with Gasteiger partial charge in [0, 0.05) is 23.4 Å². The van der Waals surface area contributed by atoms with Gasteiger partial charge in [-0.15, -0.1) is 11.3 Å². The van der Waals surface area contributed by atoms with Gasteiger partial charge in [0.05, 0.1) is 18.5 Å². The van der Waals surface area contributed by atoms with E-state index >= 15 is 0 Å². The van der Waals surface area contributed by atoms with Crippen molar-refractivity contribution in [1.82, 2.24) is 14.8 Å². The maximum absolute atomic E-state index is 13.7. The van der Waals surface area contributed by atoms with Gasteiger partial charge >= 0.3 is 12.1 Å². The summed E-state index contributed by atoms with van der Waals surface area (Å²) in [6, 6.07) is 14.1. The van der Waals surface area contributed by atoms with E-state index in [4.69, 9.17) is 9.47 Å². The Kier molecular flexibility index (Phi) is 5.70. The lowest BCUT2D eigenvalue weighted by atomic mass is 10.1. The summed E-state index contributed by atoms with van der Waals surface area (Å²) in [4.78, 5) is 15.4. The Balaban J connectivity index is 1.70. The number of benzene rings is 2. The molecule has 10 heteroatoms. The van der Waals surface area contributed by atoms with Crippen LogP contribution in [0.25, 0.3) is 27.6 Å². The molecule has 0 amide bonds. The number of hydrogen-bond donors (Lipinski definition) is 0. The van der Waals surface area contributed by atoms with Gasteiger partial charge in [0.2, 0.25) is 5.13 Å². The van der Waals surface area contributed by atoms with Gasteiger partial charge in [-0.3, -0.25) is 4.79 Å². The van der Waals surface area contributed by atoms with Crippen LogP contribution in [-0.4, -0.2) is 27.8 Å². The van der Waals surface area contributed by atoms with Crippen LogP contribution in [0.15, 0.2) is 60.0 Å². The molecular formula is C22H16F3N3O3S. The summed E-state index contributed by atoms with van der Waals surface area (Å²) >= 11 is 1.06. The van der Waals surface area contributed by atoms with Crippen LogP contribution in [-0.2, 0) is 11.0 Å². The second-order valence-electron chi connectivity index (χ2n) is 6.69. The molecule has 2 heterocycles. The van der Waals surface area contributed by atoms with Crippen molar-refractivity contribution in [3.63, 3.8) is 0 Å². The Morgan fingerprint density at radius 1 is 0.969 bits per heavy atom. The minimum Gasteiger partial charge on any atom is -0.497 e. The Bertz CT molecular complexity index is 1250. The Hall–Kier alpha value is -3.66. The van der Waals surface area contributed by atoms with Crippen molar-refractivity contribution in [1.29, 1.82) is 0 Å². The molecule has 0 unspecified atom stereocenters. The average molecular weight is 459 g/mol. The molecule has 32 heavy (non-hydrogen) atoms. The van der Waals surface area contributed by atoms with Gasteiger partial charge in [-0.1, -0.05) is 0 Å². The van der Waals surface area contributed by atoms with E-state index < -0.39 is 17.8 Å². The fourth-order valence-electron chi connectivity index (χ4n) is 2.99. The summed E-state index contributed by atoms with van der Waals surface area (Å²) in [5.41, 5.74) is 0.899. The van der Waals surface area contributed by atoms with E-state index in [9.17, 15) is 18.0 Å². The number of esters is 1. The Morgan fingerprint density at radius 3 is 2.12 bits per heavy atom. The smallest absolute Gasteiger partial charge is 0.433 e. The van der Waals surface area contributed by atoms with Gasteiger partial charge < -0.3 is 9.47 Å². The topological polar surface area (TPSA) is 66.2 Å². The van der Waals surface area contributed by atoms with Crippen molar-refractivity contribution in [3.05, 3.63) is 65.7 Å². The molecule has 6 nitrogen and oxygen atoms in total. The molecule has 2 aromatic heterocycles. The number of carbonyl (C=O) groups is 1. The van der Waals surface area contributed by atoms with Gasteiger partial charge in [-0.25, -0.2) is 9.67 Å². The summed E-state index contributed by atoms with van der Waals surface area (Å²) in [6.07, 6.45) is -4.63. The Morgan fingerprint density at radius 2 is 1.56 bits per heavy atom. The first-order valence-corrected chi connectivity index (χ1v) is 10.2. The first kappa shape index (κ1) is 21.6. The first-order chi connectivity index (χ1) is 15.2. The van der Waals surface area contributed by atoms with Crippen molar-refractivity contribution in [2.75, 3.05) is 7.11 Å². The summed E-state index contributed by atoms with van der Waals surface area (Å²) < 4.78 is 52.1. The first-order valence-electron chi connectivity index (χ1n) is 9.31. The fourth-order valence-corrected chi connectivity index (χ4v) is 3.78. The van der Waals surface area contributed by atoms with Crippen molar-refractivity contribution >= 4 is 17.3 Å². The minimum absolute atomic E-state index is 0.0888. The molecule has 0 aliphatic rings. The van der Waals surface area contributed by atoms with Crippen molar-refractivity contribution in [3.8, 4) is 39.1 Å². The van der Waals surface area contributed by atoms with E-state index in [0.29, 0.717) is 22.8 Å². The normalized spacial score (nSPS) is 11.4. The van der Waals surface area contributed by atoms with E-state index in [1.807, 2.05) is 0 Å². The zero-order chi connectivity index (χ0) is 22.9. The lowest BCUT2D eigenvalue weighted by Crippen LogP contribution is -2.13. The molecule has 4 aromatic rings. The zero-order valence-corrected chi connectivity index (χ0v) is 17.7. The molecule has 4 rings (SSSR count). The van der Waals surface area contributed by atoms with Crippen LogP contribution >= 0.6 is 11.3 Å². The molecule has 0 aliphatic heterocycles. The second-order valence-corrected chi connectivity index (χ2v) is 7.52. The number of hydrogen-bond acceptors (Lipinski definition) is 6. The van der Waals surface area contributed by atoms with Crippen LogP contribution in [0, 0.1) is 0 Å². The van der Waals surface area contributed by atoms with E-state index in [-0.39, 0.29) is 10.8 Å². The van der Waals surface area contributed by atoms with Crippen LogP contribution in [0.5, 0.6) is 11.5 Å². The minimum atomic E-state index is -4.63. The van der Waals surface area contributed by atoms with Crippen LogP contribution in [0.2, 0.25) is 0 Å². The van der Waals surface area contributed by atoms with E-state index in [2.05, 4.69) is 10.1 Å². The quantitative estimate of drug-likeness (QED) is 0.286. The Labute approximate surface area is 184 Å². The van der Waals surface area contributed by atoms with Crippen molar-refractivity contribution in [2.24, 2.45) is 0 Å². The highest BCUT2D eigenvalue weighted by atomic mass is 32.1. The summed E-state index contributed by atoms with van der Waals surface area (Å²) in [5.74, 6) is 0.471. The highest BCUT2D eigenvalue weighted by Crippen LogP contribution is 2.36. The SMILES string of the molecule is COc1ccc(-c2csc(-n3nc(-c4ccc(OC(C)=O)cc4)cc3C(F)(F)F)n2)cc1. The van der Waals surface area contributed by atoms with Gasteiger partial charge in [0.1, 0.15) is 11.5 Å². The number of nitrogens with zero attached hydrogens (tertiary/aromatic N) is 3. The number of methoxy groups -OCH3 is 1. The molecule has 2 aromatic carbocycles. The predicted molar refractivity (Wildman–Crippen MR) is 113 cm³/mol. The molecule has 0 fully saturated rings. The lowest BCUT2D eigenvalue weighted by molar-refractivity contribution is -0.142. The summed E-state index contributed by atoms with van der Waals surface area (Å²) in [5, 5.41) is 5.92. The van der Waals surface area contributed by atoms with Crippen LogP contribution < -0.4 is 9.47 Å². The molecule has 0 saturated heterocycles. The number of carbonyl (C=O) groups excluding carboxylic acids is 1. The largest absolute Gasteiger partial charge is 0.497 e. The number of thiazole rings is 1. The molecule has 0 spiro atoms. The molecule has 0 atom stereocenters. The van der Waals surface area contributed by atoms with E-state index in [1.165, 1.54) is 31.2 Å². The molecule has 0 radical (unpaired) electrons. The zero-order valence-electron chi connectivity index (χ0n) is 16.9. The number of ether oxygens (including phenoxy) is 2. The molecule has 0 saturated carbocycles. The number of alkyl halides is 3. The molecule has 0 N–H and O–H groups in total. The van der Waals surface area contributed by atoms with Crippen LogP contribution in [0.4, 0.5) is 13.2 Å². The average Bonchev–Trinajstić information content (AvgIpc) is 3.41. The third-order valence-corrected chi connectivity index (χ3v) is 5.29. The van der Waals surface area contributed by atoms with E-state index in [1.54, 1.807) is 36.8 Å². The number of aromatic nitrogens is 3. The van der Waals surface area contributed by atoms with Gasteiger partial charge in [-0.2, -0.15) is 18.3 Å². The molecule has 164 valence electrons. The third kappa shape index (κ3) is 4.50. The monoisotopic (exact) mass is 459 g/mol. The molecule has 0 bridgehead atoms. The maximum atomic E-state index is 13.7. The van der Waals surface area contributed by atoms with Crippen molar-refractivity contribution < 1.29 is 27.4 Å². The van der Waals surface area contributed by atoms with Crippen molar-refractivity contribution in [2.45, 2.75) is 13.1 Å². The van der Waals surface area contributed by atoms with Gasteiger partial charge in [0.15, 0.2) is 5.69 Å². The molecule has 0 aliphatic carbocycles. The molecular weight excluding hydrogens is 443 g/mol. The standard InChI is InChI=1S/C22H16F3N3O3S/c1-13(29)31-17-9-5-14(6-10-17)18-11-20(22(23,24)25)28(27-18)21-26-19(12-32-21)15-3-7-16(30-2)8-4-15/h3-12H,1-2H3. The highest BCUT2D eigenvalue weighted by Gasteiger charge is 2.37. The van der Waals surface area contributed by atoms with Crippen LogP contribution in [0.3, 0.4) is 0 Å². The predicted octanol–water partition coefficient (Wildman–Crippen LogP) is 5.62. The lowest BCUT2D eigenvalue weighted by Gasteiger charge is -2.07. The van der Waals surface area contributed by atoms with E-state index in [0.717, 1.165) is 27.6 Å².